The first-order valence-electron chi connectivity index (χ1n) is 8.62. The minimum atomic E-state index is -0.146. The highest BCUT2D eigenvalue weighted by molar-refractivity contribution is 5.95. The predicted octanol–water partition coefficient (Wildman–Crippen LogP) is 3.81. The molecule has 5 nitrogen and oxygen atoms in total. The molecule has 0 aliphatic heterocycles. The fourth-order valence-electron chi connectivity index (χ4n) is 2.80. The van der Waals surface area contributed by atoms with Crippen molar-refractivity contribution < 1.29 is 9.59 Å². The fourth-order valence-corrected chi connectivity index (χ4v) is 2.80. The third kappa shape index (κ3) is 4.70. The predicted molar refractivity (Wildman–Crippen MR) is 103 cm³/mol. The molecule has 0 aliphatic rings. The minimum absolute atomic E-state index is 0.131. The van der Waals surface area contributed by atoms with Crippen LogP contribution in [0.2, 0.25) is 0 Å². The van der Waals surface area contributed by atoms with Crippen molar-refractivity contribution in [2.75, 3.05) is 16.8 Å². The number of amides is 2. The Morgan fingerprint density at radius 1 is 1.15 bits per heavy atom. The number of benzene rings is 2. The van der Waals surface area contributed by atoms with E-state index >= 15 is 0 Å². The van der Waals surface area contributed by atoms with Crippen LogP contribution in [0, 0.1) is 18.3 Å². The van der Waals surface area contributed by atoms with Crippen LogP contribution in [-0.2, 0) is 16.0 Å². The summed E-state index contributed by atoms with van der Waals surface area (Å²) in [5.41, 5.74) is 4.17. The van der Waals surface area contributed by atoms with Gasteiger partial charge in [-0.3, -0.25) is 9.59 Å². The number of nitrogens with zero attached hydrogens (tertiary/aromatic N) is 2. The second-order valence-corrected chi connectivity index (χ2v) is 6.09. The van der Waals surface area contributed by atoms with Gasteiger partial charge in [-0.2, -0.15) is 5.26 Å². The highest BCUT2D eigenvalue weighted by atomic mass is 16.2. The van der Waals surface area contributed by atoms with Crippen molar-refractivity contribution in [1.82, 2.24) is 0 Å². The molecule has 5 heteroatoms. The normalized spacial score (nSPS) is 10.1. The zero-order valence-corrected chi connectivity index (χ0v) is 15.4. The monoisotopic (exact) mass is 349 g/mol. The number of hydrogen-bond donors (Lipinski definition) is 1. The minimum Gasteiger partial charge on any atom is -0.326 e. The van der Waals surface area contributed by atoms with Gasteiger partial charge in [0.05, 0.1) is 11.6 Å². The van der Waals surface area contributed by atoms with E-state index < -0.39 is 0 Å². The Balaban J connectivity index is 2.06. The van der Waals surface area contributed by atoms with Crippen molar-refractivity contribution in [3.63, 3.8) is 0 Å². The van der Waals surface area contributed by atoms with Gasteiger partial charge < -0.3 is 10.2 Å². The molecule has 26 heavy (non-hydrogen) atoms. The van der Waals surface area contributed by atoms with E-state index in [1.807, 2.05) is 38.1 Å². The Morgan fingerprint density at radius 2 is 1.85 bits per heavy atom. The summed E-state index contributed by atoms with van der Waals surface area (Å²) in [6.45, 7) is 5.76. The zero-order valence-electron chi connectivity index (χ0n) is 15.4. The van der Waals surface area contributed by atoms with Crippen LogP contribution < -0.4 is 10.2 Å². The van der Waals surface area contributed by atoms with Gasteiger partial charge in [0.2, 0.25) is 11.8 Å². The van der Waals surface area contributed by atoms with E-state index in [2.05, 4.69) is 5.32 Å². The molecule has 0 saturated carbocycles. The number of aryl methyl sites for hydroxylation is 2. The molecule has 2 rings (SSSR count). The van der Waals surface area contributed by atoms with Crippen molar-refractivity contribution in [1.29, 1.82) is 5.26 Å². The van der Waals surface area contributed by atoms with E-state index in [1.165, 1.54) is 6.92 Å². The summed E-state index contributed by atoms with van der Waals surface area (Å²) in [7, 11) is 0. The maximum absolute atomic E-state index is 12.4. The zero-order chi connectivity index (χ0) is 19.1. The highest BCUT2D eigenvalue weighted by Gasteiger charge is 2.15. The van der Waals surface area contributed by atoms with Gasteiger partial charge in [0, 0.05) is 31.3 Å². The van der Waals surface area contributed by atoms with Crippen molar-refractivity contribution in [2.45, 2.75) is 33.6 Å². The molecule has 0 aliphatic carbocycles. The maximum Gasteiger partial charge on any atom is 0.226 e. The Bertz CT molecular complexity index is 835. The van der Waals surface area contributed by atoms with Gasteiger partial charge in [0.1, 0.15) is 0 Å². The number of nitrogens with one attached hydrogen (secondary N) is 1. The number of rotatable bonds is 6. The summed E-state index contributed by atoms with van der Waals surface area (Å²) in [5.74, 6) is -0.276. The summed E-state index contributed by atoms with van der Waals surface area (Å²) in [4.78, 5) is 25.9. The molecule has 0 aromatic heterocycles. The number of anilines is 2. The Kier molecular flexibility index (Phi) is 6.51. The standard InChI is InChI=1S/C21H23N3O2/c1-4-18-7-5-6-15(2)21(18)23-20(26)12-13-24(16(3)25)19-10-8-17(14-22)9-11-19/h5-11H,4,12-13H2,1-3H3,(H,23,26). The molecule has 0 atom stereocenters. The summed E-state index contributed by atoms with van der Waals surface area (Å²) in [6, 6.07) is 14.7. The average molecular weight is 349 g/mol. The van der Waals surface area contributed by atoms with E-state index in [1.54, 1.807) is 29.2 Å². The summed E-state index contributed by atoms with van der Waals surface area (Å²) < 4.78 is 0. The van der Waals surface area contributed by atoms with Crippen molar-refractivity contribution in [2.24, 2.45) is 0 Å². The first-order chi connectivity index (χ1) is 12.5. The molecule has 1 N–H and O–H groups in total. The molecule has 2 aromatic rings. The van der Waals surface area contributed by atoms with Crippen LogP contribution in [0.25, 0.3) is 0 Å². The van der Waals surface area contributed by atoms with Gasteiger partial charge in [-0.05, 0) is 48.7 Å². The van der Waals surface area contributed by atoms with Crippen LogP contribution >= 0.6 is 0 Å². The van der Waals surface area contributed by atoms with Crippen LogP contribution in [0.15, 0.2) is 42.5 Å². The molecule has 0 radical (unpaired) electrons. The molecule has 2 aromatic carbocycles. The second kappa shape index (κ2) is 8.82. The molecule has 0 unspecified atom stereocenters. The first-order valence-corrected chi connectivity index (χ1v) is 8.62. The Labute approximate surface area is 154 Å². The van der Waals surface area contributed by atoms with Crippen LogP contribution in [0.4, 0.5) is 11.4 Å². The topological polar surface area (TPSA) is 73.2 Å². The van der Waals surface area contributed by atoms with E-state index in [0.29, 0.717) is 11.3 Å². The number of carbonyl (C=O) groups is 2. The van der Waals surface area contributed by atoms with E-state index in [4.69, 9.17) is 5.26 Å². The maximum atomic E-state index is 12.4. The largest absolute Gasteiger partial charge is 0.326 e. The van der Waals surface area contributed by atoms with Crippen LogP contribution in [0.3, 0.4) is 0 Å². The summed E-state index contributed by atoms with van der Waals surface area (Å²) >= 11 is 0. The van der Waals surface area contributed by atoms with Gasteiger partial charge in [-0.15, -0.1) is 0 Å². The van der Waals surface area contributed by atoms with Gasteiger partial charge in [-0.1, -0.05) is 25.1 Å². The summed E-state index contributed by atoms with van der Waals surface area (Å²) in [5, 5.41) is 11.8. The number of para-hydroxylation sites is 1. The summed E-state index contributed by atoms with van der Waals surface area (Å²) in [6.07, 6.45) is 1.03. The van der Waals surface area contributed by atoms with Gasteiger partial charge in [0.25, 0.3) is 0 Å². The van der Waals surface area contributed by atoms with E-state index in [0.717, 1.165) is 23.2 Å². The van der Waals surface area contributed by atoms with Crippen molar-refractivity contribution in [3.8, 4) is 6.07 Å². The molecule has 2 amide bonds. The third-order valence-corrected chi connectivity index (χ3v) is 4.26. The van der Waals surface area contributed by atoms with Gasteiger partial charge in [-0.25, -0.2) is 0 Å². The van der Waals surface area contributed by atoms with Gasteiger partial charge in [0.15, 0.2) is 0 Å². The highest BCUT2D eigenvalue weighted by Crippen LogP contribution is 2.21. The van der Waals surface area contributed by atoms with Crippen LogP contribution in [0.1, 0.15) is 37.0 Å². The van der Waals surface area contributed by atoms with E-state index in [9.17, 15) is 9.59 Å². The van der Waals surface area contributed by atoms with Crippen molar-refractivity contribution >= 4 is 23.2 Å². The molecule has 0 heterocycles. The number of nitriles is 1. The molecular formula is C21H23N3O2. The lowest BCUT2D eigenvalue weighted by Gasteiger charge is -2.21. The molecule has 0 fully saturated rings. The number of carbonyl (C=O) groups excluding carboxylic acids is 2. The fraction of sp³-hybridized carbons (Fsp3) is 0.286. The Morgan fingerprint density at radius 3 is 2.42 bits per heavy atom. The first kappa shape index (κ1) is 19.2. The number of hydrogen-bond acceptors (Lipinski definition) is 3. The molecule has 0 bridgehead atoms. The average Bonchev–Trinajstić information content (AvgIpc) is 2.63. The quantitative estimate of drug-likeness (QED) is 0.862. The van der Waals surface area contributed by atoms with Gasteiger partial charge >= 0.3 is 0 Å². The molecule has 0 saturated heterocycles. The lowest BCUT2D eigenvalue weighted by Crippen LogP contribution is -2.32. The van der Waals surface area contributed by atoms with Crippen LogP contribution in [0.5, 0.6) is 0 Å². The molecule has 0 spiro atoms. The SMILES string of the molecule is CCc1cccc(C)c1NC(=O)CCN(C(C)=O)c1ccc(C#N)cc1. The second-order valence-electron chi connectivity index (χ2n) is 6.09. The molecule has 134 valence electrons. The smallest absolute Gasteiger partial charge is 0.226 e. The Hall–Kier alpha value is -3.13. The van der Waals surface area contributed by atoms with Crippen molar-refractivity contribution in [3.05, 3.63) is 59.2 Å². The third-order valence-electron chi connectivity index (χ3n) is 4.26. The van der Waals surface area contributed by atoms with Crippen LogP contribution in [-0.4, -0.2) is 18.4 Å². The lowest BCUT2D eigenvalue weighted by molar-refractivity contribution is -0.117. The lowest BCUT2D eigenvalue weighted by atomic mass is 10.1. The van der Waals surface area contributed by atoms with E-state index in [-0.39, 0.29) is 24.8 Å². The molecular weight excluding hydrogens is 326 g/mol.